The second-order valence-corrected chi connectivity index (χ2v) is 4.17. The molecule has 21 heavy (non-hydrogen) atoms. The lowest BCUT2D eigenvalue weighted by Gasteiger charge is -2.08. The fourth-order valence-corrected chi connectivity index (χ4v) is 1.80. The SMILES string of the molecule is COc1cccc(CNc2ccc(OC)c([N+](=O)[O-])c2)n1. The molecule has 0 fully saturated rings. The van der Waals surface area contributed by atoms with Crippen LogP contribution in [0.25, 0.3) is 0 Å². The van der Waals surface area contributed by atoms with Gasteiger partial charge in [0.05, 0.1) is 31.4 Å². The Morgan fingerprint density at radius 2 is 2.05 bits per heavy atom. The number of anilines is 1. The first-order valence-corrected chi connectivity index (χ1v) is 6.20. The minimum absolute atomic E-state index is 0.0823. The zero-order valence-electron chi connectivity index (χ0n) is 11.7. The van der Waals surface area contributed by atoms with Gasteiger partial charge in [-0.1, -0.05) is 6.07 Å². The molecule has 0 unspecified atom stereocenters. The molecular formula is C14H15N3O4. The summed E-state index contributed by atoms with van der Waals surface area (Å²) in [6.07, 6.45) is 0. The third-order valence-electron chi connectivity index (χ3n) is 2.84. The number of methoxy groups -OCH3 is 2. The summed E-state index contributed by atoms with van der Waals surface area (Å²) < 4.78 is 10.00. The highest BCUT2D eigenvalue weighted by Crippen LogP contribution is 2.29. The maximum atomic E-state index is 11.0. The van der Waals surface area contributed by atoms with Crippen molar-refractivity contribution in [2.75, 3.05) is 19.5 Å². The first-order chi connectivity index (χ1) is 10.1. The molecule has 0 radical (unpaired) electrons. The van der Waals surface area contributed by atoms with Crippen molar-refractivity contribution in [3.05, 3.63) is 52.2 Å². The molecule has 1 heterocycles. The third kappa shape index (κ3) is 3.59. The number of aromatic nitrogens is 1. The van der Waals surface area contributed by atoms with Gasteiger partial charge in [-0.05, 0) is 18.2 Å². The molecule has 0 atom stereocenters. The van der Waals surface area contributed by atoms with Crippen molar-refractivity contribution < 1.29 is 14.4 Å². The molecule has 0 bridgehead atoms. The molecule has 0 saturated carbocycles. The number of hydrogen-bond acceptors (Lipinski definition) is 6. The number of nitro groups is 1. The van der Waals surface area contributed by atoms with Crippen LogP contribution in [-0.4, -0.2) is 24.1 Å². The van der Waals surface area contributed by atoms with Gasteiger partial charge in [-0.3, -0.25) is 10.1 Å². The van der Waals surface area contributed by atoms with E-state index in [-0.39, 0.29) is 11.4 Å². The summed E-state index contributed by atoms with van der Waals surface area (Å²) in [6, 6.07) is 10.1. The van der Waals surface area contributed by atoms with E-state index in [2.05, 4.69) is 10.3 Å². The molecule has 1 N–H and O–H groups in total. The Labute approximate surface area is 121 Å². The van der Waals surface area contributed by atoms with Crippen molar-refractivity contribution in [3.63, 3.8) is 0 Å². The molecule has 2 rings (SSSR count). The summed E-state index contributed by atoms with van der Waals surface area (Å²) >= 11 is 0. The number of hydrogen-bond donors (Lipinski definition) is 1. The van der Waals surface area contributed by atoms with Crippen molar-refractivity contribution >= 4 is 11.4 Å². The van der Waals surface area contributed by atoms with Crippen LogP contribution in [0.3, 0.4) is 0 Å². The average molecular weight is 289 g/mol. The second-order valence-electron chi connectivity index (χ2n) is 4.17. The first kappa shape index (κ1) is 14.6. The maximum Gasteiger partial charge on any atom is 0.312 e. The molecule has 0 saturated heterocycles. The fourth-order valence-electron chi connectivity index (χ4n) is 1.80. The van der Waals surface area contributed by atoms with Gasteiger partial charge in [0.2, 0.25) is 5.88 Å². The van der Waals surface area contributed by atoms with E-state index in [0.29, 0.717) is 18.1 Å². The number of nitrogens with zero attached hydrogens (tertiary/aromatic N) is 2. The van der Waals surface area contributed by atoms with Gasteiger partial charge < -0.3 is 14.8 Å². The zero-order valence-corrected chi connectivity index (χ0v) is 11.7. The monoisotopic (exact) mass is 289 g/mol. The predicted molar refractivity (Wildman–Crippen MR) is 77.8 cm³/mol. The molecular weight excluding hydrogens is 274 g/mol. The van der Waals surface area contributed by atoms with Crippen LogP contribution in [0, 0.1) is 10.1 Å². The summed E-state index contributed by atoms with van der Waals surface area (Å²) in [6.45, 7) is 0.431. The van der Waals surface area contributed by atoms with Crippen LogP contribution in [0.5, 0.6) is 11.6 Å². The summed E-state index contributed by atoms with van der Waals surface area (Å²) in [5, 5.41) is 14.0. The van der Waals surface area contributed by atoms with Crippen LogP contribution >= 0.6 is 0 Å². The smallest absolute Gasteiger partial charge is 0.312 e. The third-order valence-corrected chi connectivity index (χ3v) is 2.84. The lowest BCUT2D eigenvalue weighted by Crippen LogP contribution is -2.03. The van der Waals surface area contributed by atoms with Crippen molar-refractivity contribution in [3.8, 4) is 11.6 Å². The van der Waals surface area contributed by atoms with Crippen LogP contribution in [0.15, 0.2) is 36.4 Å². The largest absolute Gasteiger partial charge is 0.490 e. The van der Waals surface area contributed by atoms with Gasteiger partial charge in [0.1, 0.15) is 0 Å². The average Bonchev–Trinajstić information content (AvgIpc) is 2.52. The molecule has 0 aliphatic heterocycles. The van der Waals surface area contributed by atoms with Gasteiger partial charge in [0.15, 0.2) is 5.75 Å². The number of pyridine rings is 1. The standard InChI is InChI=1S/C14H15N3O4/c1-20-13-7-6-10(8-12(13)17(18)19)15-9-11-4-3-5-14(16-11)21-2/h3-8,15H,9H2,1-2H3. The van der Waals surface area contributed by atoms with Crippen molar-refractivity contribution in [2.24, 2.45) is 0 Å². The lowest BCUT2D eigenvalue weighted by molar-refractivity contribution is -0.385. The normalized spacial score (nSPS) is 10.0. The number of nitrogens with one attached hydrogen (secondary N) is 1. The zero-order chi connectivity index (χ0) is 15.2. The summed E-state index contributed by atoms with van der Waals surface area (Å²) in [5.41, 5.74) is 1.31. The Morgan fingerprint density at radius 1 is 1.24 bits per heavy atom. The van der Waals surface area contributed by atoms with E-state index in [1.54, 1.807) is 25.3 Å². The van der Waals surface area contributed by atoms with Crippen molar-refractivity contribution in [1.82, 2.24) is 4.98 Å². The predicted octanol–water partition coefficient (Wildman–Crippen LogP) is 2.62. The van der Waals surface area contributed by atoms with E-state index in [4.69, 9.17) is 9.47 Å². The maximum absolute atomic E-state index is 11.0. The van der Waals surface area contributed by atoms with Crippen LogP contribution in [0.4, 0.5) is 11.4 Å². The Kier molecular flexibility index (Phi) is 4.55. The van der Waals surface area contributed by atoms with Gasteiger partial charge in [0, 0.05) is 17.8 Å². The second kappa shape index (κ2) is 6.56. The number of rotatable bonds is 6. The minimum Gasteiger partial charge on any atom is -0.490 e. The fraction of sp³-hybridized carbons (Fsp3) is 0.214. The van der Waals surface area contributed by atoms with Crippen LogP contribution in [-0.2, 0) is 6.54 Å². The lowest BCUT2D eigenvalue weighted by atomic mass is 10.2. The van der Waals surface area contributed by atoms with Gasteiger partial charge in [-0.2, -0.15) is 0 Å². The highest BCUT2D eigenvalue weighted by Gasteiger charge is 2.15. The van der Waals surface area contributed by atoms with Crippen molar-refractivity contribution in [1.29, 1.82) is 0 Å². The molecule has 0 aliphatic carbocycles. The van der Waals surface area contributed by atoms with E-state index in [0.717, 1.165) is 5.69 Å². The van der Waals surface area contributed by atoms with Gasteiger partial charge in [-0.15, -0.1) is 0 Å². The van der Waals surface area contributed by atoms with E-state index < -0.39 is 4.92 Å². The molecule has 1 aromatic carbocycles. The number of nitro benzene ring substituents is 1. The molecule has 0 amide bonds. The Hall–Kier alpha value is -2.83. The number of benzene rings is 1. The van der Waals surface area contributed by atoms with Crippen LogP contribution in [0.1, 0.15) is 5.69 Å². The molecule has 7 heteroatoms. The van der Waals surface area contributed by atoms with E-state index in [9.17, 15) is 10.1 Å². The Balaban J connectivity index is 2.12. The van der Waals surface area contributed by atoms with E-state index in [1.165, 1.54) is 13.2 Å². The summed E-state index contributed by atoms with van der Waals surface area (Å²) in [5.74, 6) is 0.750. The van der Waals surface area contributed by atoms with Gasteiger partial charge in [0.25, 0.3) is 0 Å². The van der Waals surface area contributed by atoms with Crippen molar-refractivity contribution in [2.45, 2.75) is 6.54 Å². The van der Waals surface area contributed by atoms with Crippen LogP contribution < -0.4 is 14.8 Å². The Bertz CT molecular complexity index is 646. The molecule has 2 aromatic rings. The quantitative estimate of drug-likeness (QED) is 0.649. The molecule has 0 spiro atoms. The summed E-state index contributed by atoms with van der Waals surface area (Å²) in [4.78, 5) is 14.7. The van der Waals surface area contributed by atoms with E-state index in [1.807, 2.05) is 12.1 Å². The van der Waals surface area contributed by atoms with Gasteiger partial charge >= 0.3 is 5.69 Å². The molecule has 1 aromatic heterocycles. The van der Waals surface area contributed by atoms with E-state index >= 15 is 0 Å². The molecule has 0 aliphatic rings. The number of ether oxygens (including phenoxy) is 2. The Morgan fingerprint density at radius 3 is 2.71 bits per heavy atom. The van der Waals surface area contributed by atoms with Crippen LogP contribution in [0.2, 0.25) is 0 Å². The molecule has 110 valence electrons. The highest BCUT2D eigenvalue weighted by molar-refractivity contribution is 5.58. The van der Waals surface area contributed by atoms with Gasteiger partial charge in [-0.25, -0.2) is 4.98 Å². The molecule has 7 nitrogen and oxygen atoms in total. The highest BCUT2D eigenvalue weighted by atomic mass is 16.6. The first-order valence-electron chi connectivity index (χ1n) is 6.20. The minimum atomic E-state index is -0.478. The topological polar surface area (TPSA) is 86.5 Å². The summed E-state index contributed by atoms with van der Waals surface area (Å²) in [7, 11) is 2.95.